The van der Waals surface area contributed by atoms with Gasteiger partial charge in [-0.15, -0.1) is 0 Å². The monoisotopic (exact) mass is 352 g/mol. The van der Waals surface area contributed by atoms with Crippen LogP contribution < -0.4 is 10.1 Å². The van der Waals surface area contributed by atoms with E-state index in [0.717, 1.165) is 24.3 Å². The molecule has 0 bridgehead atoms. The Labute approximate surface area is 156 Å². The van der Waals surface area contributed by atoms with Gasteiger partial charge in [0.15, 0.2) is 0 Å². The molecule has 1 amide bonds. The number of aryl methyl sites for hydroxylation is 1. The van der Waals surface area contributed by atoms with E-state index < -0.39 is 0 Å². The lowest BCUT2D eigenvalue weighted by Crippen LogP contribution is -2.36. The van der Waals surface area contributed by atoms with E-state index in [-0.39, 0.29) is 5.91 Å². The van der Waals surface area contributed by atoms with Gasteiger partial charge < -0.3 is 15.0 Å². The zero-order chi connectivity index (χ0) is 18.4. The van der Waals surface area contributed by atoms with Crippen LogP contribution >= 0.6 is 0 Å². The van der Waals surface area contributed by atoms with Crippen LogP contribution in [0.25, 0.3) is 0 Å². The molecule has 2 aromatic carbocycles. The summed E-state index contributed by atoms with van der Waals surface area (Å²) in [4.78, 5) is 15.0. The molecule has 1 aliphatic rings. The molecular weight excluding hydrogens is 324 g/mol. The molecule has 0 saturated carbocycles. The maximum atomic E-state index is 12.6. The number of rotatable bonds is 6. The number of anilines is 1. The zero-order valence-corrected chi connectivity index (χ0v) is 15.7. The third-order valence-electron chi connectivity index (χ3n) is 5.29. The van der Waals surface area contributed by atoms with E-state index in [4.69, 9.17) is 4.74 Å². The van der Waals surface area contributed by atoms with Gasteiger partial charge in [-0.3, -0.25) is 4.79 Å². The van der Waals surface area contributed by atoms with Crippen molar-refractivity contribution < 1.29 is 9.53 Å². The SMILES string of the molecule is COc1ccc(C(=O)Nc2ccccc2CC[C@H]2CCCCN2C)cc1. The summed E-state index contributed by atoms with van der Waals surface area (Å²) in [6, 6.07) is 16.0. The number of carbonyl (C=O) groups is 1. The van der Waals surface area contributed by atoms with Crippen LogP contribution in [0.1, 0.15) is 41.6 Å². The number of nitrogens with zero attached hydrogens (tertiary/aromatic N) is 1. The molecule has 4 heteroatoms. The molecule has 1 saturated heterocycles. The minimum atomic E-state index is -0.0881. The fourth-order valence-electron chi connectivity index (χ4n) is 3.63. The lowest BCUT2D eigenvalue weighted by atomic mass is 9.96. The third kappa shape index (κ3) is 4.64. The molecule has 0 radical (unpaired) electrons. The van der Waals surface area contributed by atoms with Crippen molar-refractivity contribution in [2.75, 3.05) is 26.0 Å². The predicted molar refractivity (Wildman–Crippen MR) is 106 cm³/mol. The van der Waals surface area contributed by atoms with E-state index in [0.29, 0.717) is 11.6 Å². The van der Waals surface area contributed by atoms with Gasteiger partial charge in [0.25, 0.3) is 5.91 Å². The van der Waals surface area contributed by atoms with E-state index in [1.165, 1.54) is 31.4 Å². The molecule has 1 N–H and O–H groups in total. The highest BCUT2D eigenvalue weighted by Crippen LogP contribution is 2.23. The Kier molecular flexibility index (Phi) is 6.29. The van der Waals surface area contributed by atoms with Crippen molar-refractivity contribution >= 4 is 11.6 Å². The lowest BCUT2D eigenvalue weighted by Gasteiger charge is -2.32. The van der Waals surface area contributed by atoms with E-state index in [2.05, 4.69) is 23.3 Å². The smallest absolute Gasteiger partial charge is 0.255 e. The number of likely N-dealkylation sites (tertiary alicyclic amines) is 1. The fraction of sp³-hybridized carbons (Fsp3) is 0.409. The Hall–Kier alpha value is -2.33. The van der Waals surface area contributed by atoms with Gasteiger partial charge in [0.2, 0.25) is 0 Å². The normalized spacial score (nSPS) is 17.7. The molecule has 3 rings (SSSR count). The van der Waals surface area contributed by atoms with Gasteiger partial charge in [0.1, 0.15) is 5.75 Å². The first-order valence-corrected chi connectivity index (χ1v) is 9.41. The molecular formula is C22H28N2O2. The molecule has 4 nitrogen and oxygen atoms in total. The van der Waals surface area contributed by atoms with Gasteiger partial charge >= 0.3 is 0 Å². The number of para-hydroxylation sites is 1. The predicted octanol–water partition coefficient (Wildman–Crippen LogP) is 4.36. The van der Waals surface area contributed by atoms with Crippen LogP contribution in [0.4, 0.5) is 5.69 Å². The molecule has 1 aliphatic heterocycles. The largest absolute Gasteiger partial charge is 0.497 e. The molecule has 1 heterocycles. The van der Waals surface area contributed by atoms with Crippen LogP contribution in [-0.4, -0.2) is 37.6 Å². The van der Waals surface area contributed by atoms with E-state index in [1.54, 1.807) is 31.4 Å². The Morgan fingerprint density at radius 3 is 2.65 bits per heavy atom. The first kappa shape index (κ1) is 18.5. The standard InChI is InChI=1S/C22H28N2O2/c1-24-16-6-5-8-19(24)13-10-17-7-3-4-9-21(17)23-22(25)18-11-14-20(26-2)15-12-18/h3-4,7,9,11-12,14-15,19H,5-6,8,10,13,16H2,1-2H3,(H,23,25)/t19-/m1/s1. The molecule has 26 heavy (non-hydrogen) atoms. The Balaban J connectivity index is 1.65. The number of methoxy groups -OCH3 is 1. The van der Waals surface area contributed by atoms with E-state index >= 15 is 0 Å². The summed E-state index contributed by atoms with van der Waals surface area (Å²) in [7, 11) is 3.84. The Bertz CT molecular complexity index is 727. The van der Waals surface area contributed by atoms with Gasteiger partial charge in [-0.1, -0.05) is 24.6 Å². The molecule has 0 unspecified atom stereocenters. The van der Waals surface area contributed by atoms with Crippen LogP contribution in [0.2, 0.25) is 0 Å². The molecule has 138 valence electrons. The number of nitrogens with one attached hydrogen (secondary N) is 1. The van der Waals surface area contributed by atoms with Crippen LogP contribution in [0.3, 0.4) is 0 Å². The summed E-state index contributed by atoms with van der Waals surface area (Å²) < 4.78 is 5.15. The van der Waals surface area contributed by atoms with Crippen molar-refractivity contribution in [1.82, 2.24) is 4.90 Å². The highest BCUT2D eigenvalue weighted by Gasteiger charge is 2.19. The Morgan fingerprint density at radius 1 is 1.15 bits per heavy atom. The molecule has 1 atom stereocenters. The van der Waals surface area contributed by atoms with Gasteiger partial charge in [-0.25, -0.2) is 0 Å². The number of carbonyl (C=O) groups excluding carboxylic acids is 1. The maximum absolute atomic E-state index is 12.6. The van der Waals surface area contributed by atoms with Gasteiger partial charge in [-0.05, 0) is 75.2 Å². The quantitative estimate of drug-likeness (QED) is 0.840. The maximum Gasteiger partial charge on any atom is 0.255 e. The number of benzene rings is 2. The average molecular weight is 352 g/mol. The third-order valence-corrected chi connectivity index (χ3v) is 5.29. The molecule has 0 spiro atoms. The number of ether oxygens (including phenoxy) is 1. The highest BCUT2D eigenvalue weighted by molar-refractivity contribution is 6.04. The summed E-state index contributed by atoms with van der Waals surface area (Å²) in [5.41, 5.74) is 2.74. The van der Waals surface area contributed by atoms with Crippen LogP contribution in [0.5, 0.6) is 5.75 Å². The van der Waals surface area contributed by atoms with E-state index in [9.17, 15) is 4.79 Å². The van der Waals surface area contributed by atoms with Crippen molar-refractivity contribution in [3.05, 3.63) is 59.7 Å². The minimum Gasteiger partial charge on any atom is -0.497 e. The second-order valence-electron chi connectivity index (χ2n) is 7.01. The molecule has 0 aromatic heterocycles. The van der Waals surface area contributed by atoms with Crippen molar-refractivity contribution in [1.29, 1.82) is 0 Å². The van der Waals surface area contributed by atoms with Crippen molar-refractivity contribution in [2.24, 2.45) is 0 Å². The molecule has 2 aromatic rings. The minimum absolute atomic E-state index is 0.0881. The number of hydrogen-bond donors (Lipinski definition) is 1. The highest BCUT2D eigenvalue weighted by atomic mass is 16.5. The van der Waals surface area contributed by atoms with E-state index in [1.807, 2.05) is 18.2 Å². The summed E-state index contributed by atoms with van der Waals surface area (Å²) in [6.45, 7) is 1.19. The zero-order valence-electron chi connectivity index (χ0n) is 15.7. The first-order chi connectivity index (χ1) is 12.7. The second kappa shape index (κ2) is 8.86. The van der Waals surface area contributed by atoms with Crippen molar-refractivity contribution in [3.8, 4) is 5.75 Å². The number of piperidine rings is 1. The van der Waals surface area contributed by atoms with Gasteiger partial charge in [0, 0.05) is 17.3 Å². The van der Waals surface area contributed by atoms with Crippen LogP contribution in [0.15, 0.2) is 48.5 Å². The second-order valence-corrected chi connectivity index (χ2v) is 7.01. The fourth-order valence-corrected chi connectivity index (χ4v) is 3.63. The van der Waals surface area contributed by atoms with Gasteiger partial charge in [-0.2, -0.15) is 0 Å². The van der Waals surface area contributed by atoms with Gasteiger partial charge in [0.05, 0.1) is 7.11 Å². The lowest BCUT2D eigenvalue weighted by molar-refractivity contribution is 0.102. The number of amides is 1. The number of hydrogen-bond acceptors (Lipinski definition) is 3. The summed E-state index contributed by atoms with van der Waals surface area (Å²) in [6.07, 6.45) is 6.02. The van der Waals surface area contributed by atoms with Crippen molar-refractivity contribution in [2.45, 2.75) is 38.1 Å². The molecule has 0 aliphatic carbocycles. The van der Waals surface area contributed by atoms with Crippen molar-refractivity contribution in [3.63, 3.8) is 0 Å². The summed E-state index contributed by atoms with van der Waals surface area (Å²) in [5, 5.41) is 3.07. The van der Waals surface area contributed by atoms with Crippen LogP contribution in [-0.2, 0) is 6.42 Å². The van der Waals surface area contributed by atoms with Crippen LogP contribution in [0, 0.1) is 0 Å². The topological polar surface area (TPSA) is 41.6 Å². The Morgan fingerprint density at radius 2 is 1.92 bits per heavy atom. The summed E-state index contributed by atoms with van der Waals surface area (Å²) >= 11 is 0. The average Bonchev–Trinajstić information content (AvgIpc) is 2.68. The first-order valence-electron chi connectivity index (χ1n) is 9.41. The molecule has 1 fully saturated rings. The summed E-state index contributed by atoms with van der Waals surface area (Å²) in [5.74, 6) is 0.661.